The van der Waals surface area contributed by atoms with Gasteiger partial charge in [0.05, 0.1) is 19.8 Å². The fraction of sp³-hybridized carbons (Fsp3) is 0.632. The Labute approximate surface area is 398 Å². The third-order valence-electron chi connectivity index (χ3n) is 14.3. The zero-order chi connectivity index (χ0) is 46.2. The number of likely N-dealkylation sites (tertiary alicyclic amines) is 3. The number of carbonyl (C=O) groups excluding carboxylic acids is 3. The molecule has 66 heavy (non-hydrogen) atoms. The van der Waals surface area contributed by atoms with Crippen molar-refractivity contribution in [3.05, 3.63) is 89.5 Å². The summed E-state index contributed by atoms with van der Waals surface area (Å²) in [5.74, 6) is 4.79. The van der Waals surface area contributed by atoms with Crippen LogP contribution in [0.25, 0.3) is 0 Å². The van der Waals surface area contributed by atoms with Crippen molar-refractivity contribution in [3.63, 3.8) is 0 Å². The second-order valence-corrected chi connectivity index (χ2v) is 19.6. The van der Waals surface area contributed by atoms with Crippen molar-refractivity contribution in [3.8, 4) is 17.2 Å². The van der Waals surface area contributed by atoms with Gasteiger partial charge in [0.15, 0.2) is 17.3 Å². The summed E-state index contributed by atoms with van der Waals surface area (Å²) in [6.07, 6.45) is 22.5. The molecule has 0 aromatic heterocycles. The average Bonchev–Trinajstić information content (AvgIpc) is 3.90. The first-order valence-electron chi connectivity index (χ1n) is 26.3. The van der Waals surface area contributed by atoms with Gasteiger partial charge in [-0.15, -0.1) is 0 Å². The summed E-state index contributed by atoms with van der Waals surface area (Å²) in [4.78, 5) is 43.6. The van der Waals surface area contributed by atoms with Gasteiger partial charge in [0.1, 0.15) is 17.2 Å². The van der Waals surface area contributed by atoms with Gasteiger partial charge in [-0.25, -0.2) is 0 Å². The quantitative estimate of drug-likeness (QED) is 0.0766. The Hall–Kier alpha value is -4.05. The van der Waals surface area contributed by atoms with Crippen LogP contribution in [0.5, 0.6) is 17.2 Å². The zero-order valence-corrected chi connectivity index (χ0v) is 40.9. The van der Waals surface area contributed by atoms with E-state index < -0.39 is 0 Å². The van der Waals surface area contributed by atoms with Gasteiger partial charge in [-0.2, -0.15) is 0 Å². The van der Waals surface area contributed by atoms with Crippen molar-refractivity contribution < 1.29 is 28.6 Å². The van der Waals surface area contributed by atoms with Crippen LogP contribution in [0.1, 0.15) is 167 Å². The van der Waals surface area contributed by atoms with Crippen molar-refractivity contribution in [2.24, 2.45) is 17.8 Å². The highest BCUT2D eigenvalue weighted by atomic mass is 16.5. The standard InChI is InChI=1S/C20H29NO2.C19H27NO2.C18H27NO2/c22-20(17-7-2-3-8-17)18-9-11-19(12-10-18)23-16-6-15-21-13-4-1-5-14-21;21-19(16-6-4-7-16)17-8-10-18(11-9-17)22-15-5-14-20-12-2-1-3-13-20;1-3-18(20)16-7-9-17(10-8-16)21-13-5-12-19-11-4-6-15(2)14-19/h9-12,17H,1-8,13-16H2;8-11,16H,1-7,12-15H2;7-10,15H,3-6,11-14H2,1-2H3. The second kappa shape index (κ2) is 29.0. The number of rotatable bonds is 21. The Kier molecular flexibility index (Phi) is 22.5. The van der Waals surface area contributed by atoms with Crippen LogP contribution < -0.4 is 14.2 Å². The van der Waals surface area contributed by atoms with E-state index in [4.69, 9.17) is 14.2 Å². The Bertz CT molecular complexity index is 1830. The molecule has 3 heterocycles. The monoisotopic (exact) mass is 906 g/mol. The third-order valence-corrected chi connectivity index (χ3v) is 14.3. The molecule has 9 nitrogen and oxygen atoms in total. The van der Waals surface area contributed by atoms with Crippen LogP contribution in [-0.4, -0.2) is 111 Å². The lowest BCUT2D eigenvalue weighted by Gasteiger charge is -2.30. The topological polar surface area (TPSA) is 88.6 Å². The predicted molar refractivity (Wildman–Crippen MR) is 268 cm³/mol. The van der Waals surface area contributed by atoms with Gasteiger partial charge in [0, 0.05) is 61.1 Å². The molecule has 3 saturated heterocycles. The maximum atomic E-state index is 12.3. The molecule has 3 aromatic carbocycles. The van der Waals surface area contributed by atoms with E-state index in [0.29, 0.717) is 18.0 Å². The first-order chi connectivity index (χ1) is 32.3. The lowest BCUT2D eigenvalue weighted by atomic mass is 9.80. The first kappa shape index (κ1) is 51.3. The number of piperidine rings is 3. The molecular formula is C57H83N3O6. The molecule has 8 rings (SSSR count). The van der Waals surface area contributed by atoms with Crippen molar-refractivity contribution >= 4 is 17.3 Å². The van der Waals surface area contributed by atoms with Gasteiger partial charge in [0.25, 0.3) is 0 Å². The summed E-state index contributed by atoms with van der Waals surface area (Å²) in [5.41, 5.74) is 2.45. The summed E-state index contributed by atoms with van der Waals surface area (Å²) in [7, 11) is 0. The summed E-state index contributed by atoms with van der Waals surface area (Å²) < 4.78 is 17.4. The van der Waals surface area contributed by atoms with E-state index in [0.717, 1.165) is 124 Å². The van der Waals surface area contributed by atoms with Crippen LogP contribution in [0.3, 0.4) is 0 Å². The highest BCUT2D eigenvalue weighted by Gasteiger charge is 2.26. The molecule has 0 N–H and O–H groups in total. The van der Waals surface area contributed by atoms with E-state index >= 15 is 0 Å². The van der Waals surface area contributed by atoms with Gasteiger partial charge in [-0.05, 0) is 195 Å². The van der Waals surface area contributed by atoms with Crippen molar-refractivity contribution in [2.45, 2.75) is 136 Å². The Morgan fingerprint density at radius 2 is 0.833 bits per heavy atom. The zero-order valence-electron chi connectivity index (χ0n) is 40.9. The lowest BCUT2D eigenvalue weighted by molar-refractivity contribution is 0.0854. The van der Waals surface area contributed by atoms with E-state index in [1.165, 1.54) is 110 Å². The Balaban J connectivity index is 0.000000164. The fourth-order valence-electron chi connectivity index (χ4n) is 9.99. The summed E-state index contributed by atoms with van der Waals surface area (Å²) >= 11 is 0. The number of nitrogens with zero attached hydrogens (tertiary/aromatic N) is 3. The largest absolute Gasteiger partial charge is 0.494 e. The number of carbonyl (C=O) groups is 3. The normalized spacial score (nSPS) is 19.6. The summed E-state index contributed by atoms with van der Waals surface area (Å²) in [6.45, 7) is 17.3. The molecule has 3 aromatic rings. The molecule has 0 bridgehead atoms. The van der Waals surface area contributed by atoms with Crippen LogP contribution in [0.15, 0.2) is 72.8 Å². The Morgan fingerprint density at radius 1 is 0.455 bits per heavy atom. The molecule has 3 aliphatic heterocycles. The molecule has 0 radical (unpaired) electrons. The van der Waals surface area contributed by atoms with Crippen LogP contribution in [-0.2, 0) is 0 Å². The molecule has 5 aliphatic rings. The molecule has 0 spiro atoms. The number of hydrogen-bond acceptors (Lipinski definition) is 9. The molecule has 362 valence electrons. The van der Waals surface area contributed by atoms with Crippen molar-refractivity contribution in [2.75, 3.05) is 78.7 Å². The maximum absolute atomic E-state index is 12.3. The molecule has 5 fully saturated rings. The number of ether oxygens (including phenoxy) is 3. The van der Waals surface area contributed by atoms with Gasteiger partial charge in [-0.3, -0.25) is 14.4 Å². The molecule has 0 amide bonds. The summed E-state index contributed by atoms with van der Waals surface area (Å²) in [6, 6.07) is 23.0. The molecule has 1 atom stereocenters. The molecular weight excluding hydrogens is 823 g/mol. The summed E-state index contributed by atoms with van der Waals surface area (Å²) in [5, 5.41) is 0. The minimum absolute atomic E-state index is 0.181. The molecule has 2 saturated carbocycles. The van der Waals surface area contributed by atoms with Gasteiger partial charge >= 0.3 is 0 Å². The van der Waals surface area contributed by atoms with Gasteiger partial charge in [-0.1, -0.05) is 46.0 Å². The second-order valence-electron chi connectivity index (χ2n) is 19.6. The van der Waals surface area contributed by atoms with E-state index in [9.17, 15) is 14.4 Å². The van der Waals surface area contributed by atoms with Crippen LogP contribution in [0.2, 0.25) is 0 Å². The molecule has 9 heteroatoms. The fourth-order valence-corrected chi connectivity index (χ4v) is 9.99. The van der Waals surface area contributed by atoms with E-state index in [2.05, 4.69) is 21.6 Å². The van der Waals surface area contributed by atoms with E-state index in [1.807, 2.05) is 79.7 Å². The predicted octanol–water partition coefficient (Wildman–Crippen LogP) is 12.0. The van der Waals surface area contributed by atoms with Crippen LogP contribution in [0.4, 0.5) is 0 Å². The van der Waals surface area contributed by atoms with Crippen LogP contribution in [0, 0.1) is 17.8 Å². The highest BCUT2D eigenvalue weighted by molar-refractivity contribution is 5.99. The molecule has 1 unspecified atom stereocenters. The number of ketones is 3. The highest BCUT2D eigenvalue weighted by Crippen LogP contribution is 2.31. The molecule has 2 aliphatic carbocycles. The first-order valence-corrected chi connectivity index (χ1v) is 26.3. The van der Waals surface area contributed by atoms with E-state index in [-0.39, 0.29) is 17.6 Å². The van der Waals surface area contributed by atoms with E-state index in [1.54, 1.807) is 0 Å². The van der Waals surface area contributed by atoms with Gasteiger partial charge < -0.3 is 28.9 Å². The van der Waals surface area contributed by atoms with Crippen molar-refractivity contribution in [1.82, 2.24) is 14.7 Å². The Morgan fingerprint density at radius 3 is 1.21 bits per heavy atom. The number of Topliss-reactive ketones (excluding diaryl/α,β-unsaturated/α-hetero) is 3. The number of hydrogen-bond donors (Lipinski definition) is 0. The van der Waals surface area contributed by atoms with Gasteiger partial charge in [0.2, 0.25) is 0 Å². The third kappa shape index (κ3) is 17.9. The van der Waals surface area contributed by atoms with Crippen molar-refractivity contribution in [1.29, 1.82) is 0 Å². The number of benzene rings is 3. The minimum atomic E-state index is 0.181. The average molecular weight is 906 g/mol. The maximum Gasteiger partial charge on any atom is 0.165 e. The smallest absolute Gasteiger partial charge is 0.165 e. The lowest BCUT2D eigenvalue weighted by Crippen LogP contribution is -2.35. The minimum Gasteiger partial charge on any atom is -0.494 e. The SMILES string of the molecule is CCC(=O)c1ccc(OCCCN2CCCC(C)C2)cc1.O=C(c1ccc(OCCCN2CCCCC2)cc1)C1CCC1.O=C(c1ccc(OCCCN2CCCCC2)cc1)C1CCCC1. The van der Waals surface area contributed by atoms with Crippen LogP contribution >= 0.6 is 0 Å².